The van der Waals surface area contributed by atoms with Crippen molar-refractivity contribution in [3.63, 3.8) is 0 Å². The average Bonchev–Trinajstić information content (AvgIpc) is 2.50. The van der Waals surface area contributed by atoms with Gasteiger partial charge in [0.1, 0.15) is 5.75 Å². The number of nitrogens with zero attached hydrogens (tertiary/aromatic N) is 1. The van der Waals surface area contributed by atoms with Gasteiger partial charge in [0.25, 0.3) is 0 Å². The molecule has 0 spiro atoms. The molecule has 5 heteroatoms. The fraction of sp³-hybridized carbons (Fsp3) is 0.533. The van der Waals surface area contributed by atoms with Gasteiger partial charge in [0, 0.05) is 20.1 Å². The summed E-state index contributed by atoms with van der Waals surface area (Å²) in [7, 11) is 1.66. The largest absolute Gasteiger partial charge is 0.494 e. The van der Waals surface area contributed by atoms with E-state index in [2.05, 4.69) is 17.1 Å². The molecule has 3 N–H and O–H groups in total. The smallest absolute Gasteiger partial charge is 0.233 e. The molecule has 0 heterocycles. The predicted octanol–water partition coefficient (Wildman–Crippen LogP) is 0.982. The molecule has 0 fully saturated rings. The number of benzene rings is 1. The molecule has 0 aromatic heterocycles. The van der Waals surface area contributed by atoms with Crippen LogP contribution in [0.4, 0.5) is 0 Å². The lowest BCUT2D eigenvalue weighted by Gasteiger charge is -2.19. The summed E-state index contributed by atoms with van der Waals surface area (Å²) >= 11 is 0. The molecule has 0 aliphatic carbocycles. The molecule has 5 nitrogen and oxygen atoms in total. The third-order valence-corrected chi connectivity index (χ3v) is 3.14. The molecule has 20 heavy (non-hydrogen) atoms. The minimum absolute atomic E-state index is 0.0464. The Morgan fingerprint density at radius 3 is 2.60 bits per heavy atom. The SMILES string of the molecule is CCN(CCCOc1ccc(CN)cc1)CC(=O)NC. The highest BCUT2D eigenvalue weighted by Gasteiger charge is 2.06. The Kier molecular flexibility index (Phi) is 7.69. The summed E-state index contributed by atoms with van der Waals surface area (Å²) in [4.78, 5) is 13.4. The van der Waals surface area contributed by atoms with Crippen molar-refractivity contribution in [3.05, 3.63) is 29.8 Å². The lowest BCUT2D eigenvalue weighted by molar-refractivity contribution is -0.121. The molecule has 0 unspecified atom stereocenters. The summed E-state index contributed by atoms with van der Waals surface area (Å²) < 4.78 is 5.66. The van der Waals surface area contributed by atoms with Gasteiger partial charge in [-0.25, -0.2) is 0 Å². The van der Waals surface area contributed by atoms with E-state index in [0.29, 0.717) is 19.7 Å². The van der Waals surface area contributed by atoms with Gasteiger partial charge in [0.05, 0.1) is 13.2 Å². The van der Waals surface area contributed by atoms with Gasteiger partial charge in [-0.1, -0.05) is 19.1 Å². The topological polar surface area (TPSA) is 67.6 Å². The molecular formula is C15H25N3O2. The third kappa shape index (κ3) is 6.04. The van der Waals surface area contributed by atoms with Crippen molar-refractivity contribution >= 4 is 5.91 Å². The molecule has 1 rings (SSSR count). The van der Waals surface area contributed by atoms with Crippen LogP contribution in [-0.2, 0) is 11.3 Å². The second-order valence-corrected chi connectivity index (χ2v) is 4.59. The molecule has 1 aromatic rings. The molecule has 1 aromatic carbocycles. The predicted molar refractivity (Wildman–Crippen MR) is 80.6 cm³/mol. The number of hydrogen-bond donors (Lipinski definition) is 2. The molecular weight excluding hydrogens is 254 g/mol. The van der Waals surface area contributed by atoms with E-state index in [4.69, 9.17) is 10.5 Å². The zero-order valence-electron chi connectivity index (χ0n) is 12.4. The number of nitrogens with one attached hydrogen (secondary N) is 1. The highest BCUT2D eigenvalue weighted by atomic mass is 16.5. The van der Waals surface area contributed by atoms with Crippen LogP contribution < -0.4 is 15.8 Å². The second kappa shape index (κ2) is 9.34. The van der Waals surface area contributed by atoms with Gasteiger partial charge in [-0.2, -0.15) is 0 Å². The van der Waals surface area contributed by atoms with Gasteiger partial charge < -0.3 is 15.8 Å². The van der Waals surface area contributed by atoms with Gasteiger partial charge in [-0.15, -0.1) is 0 Å². The summed E-state index contributed by atoms with van der Waals surface area (Å²) in [6.45, 7) is 5.40. The quantitative estimate of drug-likeness (QED) is 0.661. The van der Waals surface area contributed by atoms with Crippen LogP contribution in [0.15, 0.2) is 24.3 Å². The number of nitrogens with two attached hydrogens (primary N) is 1. The Morgan fingerprint density at radius 2 is 2.05 bits per heavy atom. The first kappa shape index (κ1) is 16.5. The number of amides is 1. The minimum Gasteiger partial charge on any atom is -0.494 e. The lowest BCUT2D eigenvalue weighted by Crippen LogP contribution is -2.36. The Hall–Kier alpha value is -1.59. The van der Waals surface area contributed by atoms with Gasteiger partial charge in [-0.3, -0.25) is 9.69 Å². The fourth-order valence-corrected chi connectivity index (χ4v) is 1.83. The van der Waals surface area contributed by atoms with Crippen molar-refractivity contribution in [1.29, 1.82) is 0 Å². The lowest BCUT2D eigenvalue weighted by atomic mass is 10.2. The van der Waals surface area contributed by atoms with E-state index in [1.807, 2.05) is 24.3 Å². The zero-order valence-corrected chi connectivity index (χ0v) is 12.4. The molecule has 0 saturated carbocycles. The highest BCUT2D eigenvalue weighted by molar-refractivity contribution is 5.77. The van der Waals surface area contributed by atoms with Crippen molar-refractivity contribution in [3.8, 4) is 5.75 Å². The van der Waals surface area contributed by atoms with Crippen LogP contribution in [0.2, 0.25) is 0 Å². The van der Waals surface area contributed by atoms with Crippen LogP contribution in [-0.4, -0.2) is 44.1 Å². The maximum Gasteiger partial charge on any atom is 0.233 e. The molecule has 0 saturated heterocycles. The van der Waals surface area contributed by atoms with Gasteiger partial charge in [-0.05, 0) is 30.7 Å². The van der Waals surface area contributed by atoms with Crippen LogP contribution in [0.1, 0.15) is 18.9 Å². The molecule has 1 amide bonds. The zero-order chi connectivity index (χ0) is 14.8. The van der Waals surface area contributed by atoms with E-state index >= 15 is 0 Å². The molecule has 112 valence electrons. The van der Waals surface area contributed by atoms with E-state index in [0.717, 1.165) is 30.8 Å². The van der Waals surface area contributed by atoms with Gasteiger partial charge >= 0.3 is 0 Å². The number of carbonyl (C=O) groups excluding carboxylic acids is 1. The number of likely N-dealkylation sites (N-methyl/N-ethyl adjacent to an activating group) is 2. The Bertz CT molecular complexity index is 393. The average molecular weight is 279 g/mol. The van der Waals surface area contributed by atoms with Crippen molar-refractivity contribution < 1.29 is 9.53 Å². The maximum atomic E-state index is 11.3. The first-order chi connectivity index (χ1) is 9.69. The molecule has 0 aliphatic rings. The summed E-state index contributed by atoms with van der Waals surface area (Å²) in [5.41, 5.74) is 6.64. The van der Waals surface area contributed by atoms with Crippen molar-refractivity contribution in [2.75, 3.05) is 33.3 Å². The summed E-state index contributed by atoms with van der Waals surface area (Å²) in [5.74, 6) is 0.904. The Balaban J connectivity index is 2.23. The van der Waals surface area contributed by atoms with Crippen LogP contribution in [0.5, 0.6) is 5.75 Å². The Labute approximate surface area is 121 Å². The number of hydrogen-bond acceptors (Lipinski definition) is 4. The number of rotatable bonds is 9. The van der Waals surface area contributed by atoms with Gasteiger partial charge in [0.2, 0.25) is 5.91 Å². The molecule has 0 aliphatic heterocycles. The van der Waals surface area contributed by atoms with Crippen molar-refractivity contribution in [2.45, 2.75) is 19.9 Å². The summed E-state index contributed by atoms with van der Waals surface area (Å²) in [6.07, 6.45) is 0.892. The minimum atomic E-state index is 0.0464. The fourth-order valence-electron chi connectivity index (χ4n) is 1.83. The van der Waals surface area contributed by atoms with E-state index in [-0.39, 0.29) is 5.91 Å². The Morgan fingerprint density at radius 1 is 1.35 bits per heavy atom. The van der Waals surface area contributed by atoms with E-state index in [1.165, 1.54) is 0 Å². The molecule has 0 bridgehead atoms. The summed E-state index contributed by atoms with van der Waals surface area (Å²) in [6, 6.07) is 7.81. The standard InChI is InChI=1S/C15H25N3O2/c1-3-18(12-15(19)17-2)9-4-10-20-14-7-5-13(11-16)6-8-14/h5-8H,3-4,9-12,16H2,1-2H3,(H,17,19). The third-order valence-electron chi connectivity index (χ3n) is 3.14. The first-order valence-electron chi connectivity index (χ1n) is 7.04. The number of ether oxygens (including phenoxy) is 1. The van der Waals surface area contributed by atoms with Crippen LogP contribution in [0.25, 0.3) is 0 Å². The maximum absolute atomic E-state index is 11.3. The summed E-state index contributed by atoms with van der Waals surface area (Å²) in [5, 5.41) is 2.63. The highest BCUT2D eigenvalue weighted by Crippen LogP contribution is 2.12. The van der Waals surface area contributed by atoms with Crippen LogP contribution in [0.3, 0.4) is 0 Å². The van der Waals surface area contributed by atoms with E-state index in [9.17, 15) is 4.79 Å². The monoisotopic (exact) mass is 279 g/mol. The van der Waals surface area contributed by atoms with Crippen LogP contribution in [0, 0.1) is 0 Å². The van der Waals surface area contributed by atoms with Crippen LogP contribution >= 0.6 is 0 Å². The second-order valence-electron chi connectivity index (χ2n) is 4.59. The van der Waals surface area contributed by atoms with E-state index < -0.39 is 0 Å². The molecule has 0 atom stereocenters. The van der Waals surface area contributed by atoms with Gasteiger partial charge in [0.15, 0.2) is 0 Å². The normalized spacial score (nSPS) is 10.6. The van der Waals surface area contributed by atoms with E-state index in [1.54, 1.807) is 7.05 Å². The number of carbonyl (C=O) groups is 1. The molecule has 0 radical (unpaired) electrons. The van der Waals surface area contributed by atoms with Crippen molar-refractivity contribution in [2.24, 2.45) is 5.73 Å². The van der Waals surface area contributed by atoms with Crippen molar-refractivity contribution in [1.82, 2.24) is 10.2 Å². The first-order valence-corrected chi connectivity index (χ1v) is 7.04.